The largest absolute Gasteiger partial charge is 0.465 e. The molecule has 1 fully saturated rings. The second kappa shape index (κ2) is 15.9. The molecule has 3 aromatic carbocycles. The van der Waals surface area contributed by atoms with Gasteiger partial charge in [-0.1, -0.05) is 118 Å². The molecule has 4 nitrogen and oxygen atoms in total. The van der Waals surface area contributed by atoms with Gasteiger partial charge >= 0.3 is 5.97 Å². The van der Waals surface area contributed by atoms with Crippen molar-refractivity contribution in [3.05, 3.63) is 108 Å². The first-order valence-corrected chi connectivity index (χ1v) is 15.6. The quantitative estimate of drug-likeness (QED) is 0.188. The number of benzene rings is 3. The molecule has 220 valence electrons. The van der Waals surface area contributed by atoms with E-state index in [-0.39, 0.29) is 18.0 Å². The zero-order valence-corrected chi connectivity index (χ0v) is 25.5. The second-order valence-electron chi connectivity index (χ2n) is 12.1. The molecule has 0 radical (unpaired) electrons. The fraction of sp³-hybridized carbons (Fsp3) is 0.486. The molecule has 4 rings (SSSR count). The number of hydrogen-bond acceptors (Lipinski definition) is 4. The molecule has 1 aliphatic carbocycles. The smallest absolute Gasteiger partial charge is 0.324 e. The molecule has 0 unspecified atom stereocenters. The van der Waals surface area contributed by atoms with Crippen LogP contribution in [0.25, 0.3) is 0 Å². The highest BCUT2D eigenvalue weighted by Gasteiger charge is 2.37. The van der Waals surface area contributed by atoms with Crippen molar-refractivity contribution in [2.24, 2.45) is 17.8 Å². The fourth-order valence-electron chi connectivity index (χ4n) is 6.54. The summed E-state index contributed by atoms with van der Waals surface area (Å²) in [6.45, 7) is 11.2. The van der Waals surface area contributed by atoms with Crippen LogP contribution >= 0.6 is 0 Å². The molecule has 0 spiro atoms. The number of nitrogens with zero attached hydrogens (tertiary/aromatic N) is 1. The maximum Gasteiger partial charge on any atom is 0.324 e. The van der Waals surface area contributed by atoms with E-state index in [1.165, 1.54) is 24.0 Å². The van der Waals surface area contributed by atoms with E-state index < -0.39 is 6.04 Å². The maximum atomic E-state index is 13.9. The first kappa shape index (κ1) is 31.0. The Bertz CT molecular complexity index is 1110. The topological polar surface area (TPSA) is 38.8 Å². The zero-order chi connectivity index (χ0) is 29.0. The lowest BCUT2D eigenvalue weighted by molar-refractivity contribution is -0.151. The van der Waals surface area contributed by atoms with Gasteiger partial charge in [-0.2, -0.15) is 0 Å². The van der Waals surface area contributed by atoms with E-state index in [1.54, 1.807) is 0 Å². The fourth-order valence-corrected chi connectivity index (χ4v) is 6.54. The molecular weight excluding hydrogens is 506 g/mol. The Morgan fingerprint density at radius 2 is 1.41 bits per heavy atom. The molecule has 1 aliphatic rings. The van der Waals surface area contributed by atoms with Crippen LogP contribution in [-0.2, 0) is 27.4 Å². The average Bonchev–Trinajstić information content (AvgIpc) is 2.98. The minimum Gasteiger partial charge on any atom is -0.465 e. The summed E-state index contributed by atoms with van der Waals surface area (Å²) in [5.74, 6) is 1.66. The Morgan fingerprint density at radius 3 is 1.95 bits per heavy atom. The zero-order valence-electron chi connectivity index (χ0n) is 25.5. The summed E-state index contributed by atoms with van der Waals surface area (Å²) in [5.41, 5.74) is 3.51. The molecule has 0 saturated heterocycles. The van der Waals surface area contributed by atoms with Gasteiger partial charge in [0.1, 0.15) is 6.04 Å². The predicted molar refractivity (Wildman–Crippen MR) is 167 cm³/mol. The van der Waals surface area contributed by atoms with Crippen LogP contribution in [0.15, 0.2) is 91.0 Å². The second-order valence-corrected chi connectivity index (χ2v) is 12.1. The van der Waals surface area contributed by atoms with Gasteiger partial charge in [-0.25, -0.2) is 0 Å². The van der Waals surface area contributed by atoms with E-state index in [1.807, 2.05) is 25.1 Å². The summed E-state index contributed by atoms with van der Waals surface area (Å²) in [4.78, 5) is 16.2. The van der Waals surface area contributed by atoms with Gasteiger partial charge in [0.2, 0.25) is 0 Å². The van der Waals surface area contributed by atoms with Gasteiger partial charge in [0.25, 0.3) is 0 Å². The summed E-state index contributed by atoms with van der Waals surface area (Å²) >= 11 is 0. The molecule has 1 saturated carbocycles. The van der Waals surface area contributed by atoms with Crippen LogP contribution in [0.2, 0.25) is 0 Å². The Morgan fingerprint density at radius 1 is 0.854 bits per heavy atom. The van der Waals surface area contributed by atoms with Crippen LogP contribution in [0, 0.1) is 17.8 Å². The number of esters is 1. The van der Waals surface area contributed by atoms with E-state index in [9.17, 15) is 4.79 Å². The van der Waals surface area contributed by atoms with Crippen LogP contribution in [-0.4, -0.2) is 36.2 Å². The first-order chi connectivity index (χ1) is 20.0. The molecule has 0 N–H and O–H groups in total. The lowest BCUT2D eigenvalue weighted by atomic mass is 9.75. The predicted octanol–water partition coefficient (Wildman–Crippen LogP) is 8.27. The van der Waals surface area contributed by atoms with Gasteiger partial charge in [0.05, 0.1) is 12.7 Å². The monoisotopic (exact) mass is 555 g/mol. The molecule has 0 heterocycles. The van der Waals surface area contributed by atoms with Crippen molar-refractivity contribution in [3.8, 4) is 0 Å². The number of ether oxygens (including phenoxy) is 2. The third-order valence-electron chi connectivity index (χ3n) is 8.71. The van der Waals surface area contributed by atoms with Crippen molar-refractivity contribution in [2.45, 2.75) is 84.5 Å². The number of carbonyl (C=O) groups excluding carboxylic acids is 1. The SMILES string of the molecule is CCOC(=O)[C@H]([C@@H](CCO[C@H]1C[C@@H](C)CC[C@@H]1C(C)C)c1ccccc1)N(Cc1ccccc1)Cc1ccccc1. The van der Waals surface area contributed by atoms with Crippen molar-refractivity contribution in [3.63, 3.8) is 0 Å². The minimum absolute atomic E-state index is 0.0683. The van der Waals surface area contributed by atoms with E-state index >= 15 is 0 Å². The van der Waals surface area contributed by atoms with Gasteiger partial charge in [-0.3, -0.25) is 9.69 Å². The summed E-state index contributed by atoms with van der Waals surface area (Å²) in [5, 5.41) is 0. The van der Waals surface area contributed by atoms with Gasteiger partial charge < -0.3 is 9.47 Å². The molecule has 0 aliphatic heterocycles. The van der Waals surface area contributed by atoms with Crippen LogP contribution in [0.1, 0.15) is 76.0 Å². The Balaban J connectivity index is 1.65. The molecule has 0 bridgehead atoms. The van der Waals surface area contributed by atoms with Crippen LogP contribution < -0.4 is 0 Å². The molecule has 5 atom stereocenters. The van der Waals surface area contributed by atoms with Crippen molar-refractivity contribution in [1.29, 1.82) is 0 Å². The summed E-state index contributed by atoms with van der Waals surface area (Å²) in [6.07, 6.45) is 4.67. The molecule has 0 amide bonds. The molecule has 0 aromatic heterocycles. The van der Waals surface area contributed by atoms with Crippen molar-refractivity contribution in [1.82, 2.24) is 4.90 Å². The number of carbonyl (C=O) groups is 1. The molecule has 3 aromatic rings. The Labute approximate surface area is 248 Å². The van der Waals surface area contributed by atoms with Gasteiger partial charge in [-0.15, -0.1) is 0 Å². The molecular formula is C37H49NO3. The van der Waals surface area contributed by atoms with Gasteiger partial charge in [0.15, 0.2) is 0 Å². The van der Waals surface area contributed by atoms with E-state index in [2.05, 4.69) is 98.5 Å². The minimum atomic E-state index is -0.451. The van der Waals surface area contributed by atoms with Gasteiger partial charge in [0, 0.05) is 25.6 Å². The van der Waals surface area contributed by atoms with Crippen molar-refractivity contribution in [2.75, 3.05) is 13.2 Å². The average molecular weight is 556 g/mol. The summed E-state index contributed by atoms with van der Waals surface area (Å²) in [6, 6.07) is 30.9. The normalized spacial score (nSPS) is 20.6. The highest BCUT2D eigenvalue weighted by molar-refractivity contribution is 5.77. The van der Waals surface area contributed by atoms with Crippen LogP contribution in [0.3, 0.4) is 0 Å². The highest BCUT2D eigenvalue weighted by Crippen LogP contribution is 2.36. The third kappa shape index (κ3) is 9.02. The standard InChI is InChI=1S/C37H49NO3/c1-5-40-37(39)36(38(26-30-15-9-6-10-16-30)27-31-17-11-7-12-18-31)34(32-19-13-8-14-20-32)23-24-41-35-25-29(4)21-22-33(35)28(2)3/h6-20,28-29,33-36H,5,21-27H2,1-4H3/t29-,33+,34-,35-,36-/m0/s1. The lowest BCUT2D eigenvalue weighted by Gasteiger charge is -2.38. The first-order valence-electron chi connectivity index (χ1n) is 15.6. The third-order valence-corrected chi connectivity index (χ3v) is 8.71. The highest BCUT2D eigenvalue weighted by atomic mass is 16.5. The number of hydrogen-bond donors (Lipinski definition) is 0. The Kier molecular flexibility index (Phi) is 12.0. The number of rotatable bonds is 14. The Hall–Kier alpha value is -2.95. The van der Waals surface area contributed by atoms with Crippen LogP contribution in [0.4, 0.5) is 0 Å². The molecule has 4 heteroatoms. The summed E-state index contributed by atoms with van der Waals surface area (Å²) < 4.78 is 12.5. The molecule has 41 heavy (non-hydrogen) atoms. The van der Waals surface area contributed by atoms with E-state index in [0.717, 1.165) is 18.4 Å². The van der Waals surface area contributed by atoms with Crippen LogP contribution in [0.5, 0.6) is 0 Å². The van der Waals surface area contributed by atoms with Crippen molar-refractivity contribution >= 4 is 5.97 Å². The summed E-state index contributed by atoms with van der Waals surface area (Å²) in [7, 11) is 0. The van der Waals surface area contributed by atoms with E-state index in [0.29, 0.717) is 44.1 Å². The lowest BCUT2D eigenvalue weighted by Crippen LogP contribution is -2.46. The maximum absolute atomic E-state index is 13.9. The van der Waals surface area contributed by atoms with Crippen molar-refractivity contribution < 1.29 is 14.3 Å². The van der Waals surface area contributed by atoms with Gasteiger partial charge in [-0.05, 0) is 60.6 Å². The van der Waals surface area contributed by atoms with E-state index in [4.69, 9.17) is 9.47 Å².